The average molecular weight is 345 g/mol. The van der Waals surface area contributed by atoms with Gasteiger partial charge in [0, 0.05) is 0 Å². The largest absolute Gasteiger partial charge is 0.496 e. The Morgan fingerprint density at radius 2 is 1.64 bits per heavy atom. The van der Waals surface area contributed by atoms with Gasteiger partial charge in [0.05, 0.1) is 18.2 Å². The number of carbonyl (C=O) groups is 3. The first-order chi connectivity index (χ1) is 12.0. The zero-order valence-corrected chi connectivity index (χ0v) is 13.5. The number of hydrogen-bond donors (Lipinski definition) is 1. The van der Waals surface area contributed by atoms with Crippen LogP contribution in [0.1, 0.15) is 20.7 Å². The van der Waals surface area contributed by atoms with Gasteiger partial charge in [0.2, 0.25) is 5.78 Å². The normalized spacial score (nSPS) is 10.0. The fraction of sp³-hybridized carbons (Fsp3) is 0.167. The first-order valence-corrected chi connectivity index (χ1v) is 7.37. The highest BCUT2D eigenvalue weighted by Gasteiger charge is 2.16. The Morgan fingerprint density at radius 3 is 2.32 bits per heavy atom. The number of rotatable bonds is 7. The van der Waals surface area contributed by atoms with Crippen LogP contribution in [0.4, 0.5) is 4.39 Å². The first kappa shape index (κ1) is 18.1. The second-order valence-corrected chi connectivity index (χ2v) is 4.95. The minimum absolute atomic E-state index is 0.180. The highest BCUT2D eigenvalue weighted by Crippen LogP contribution is 2.17. The smallest absolute Gasteiger partial charge is 0.325 e. The Labute approximate surface area is 143 Å². The van der Waals surface area contributed by atoms with E-state index in [0.717, 1.165) is 6.07 Å². The summed E-state index contributed by atoms with van der Waals surface area (Å²) in [6.45, 7) is -0.971. The van der Waals surface area contributed by atoms with Crippen LogP contribution in [0.25, 0.3) is 0 Å². The van der Waals surface area contributed by atoms with Gasteiger partial charge in [-0.25, -0.2) is 4.39 Å². The second-order valence-electron chi connectivity index (χ2n) is 4.95. The van der Waals surface area contributed by atoms with Crippen LogP contribution < -0.4 is 10.1 Å². The zero-order chi connectivity index (χ0) is 18.2. The van der Waals surface area contributed by atoms with E-state index in [1.165, 1.54) is 25.3 Å². The Kier molecular flexibility index (Phi) is 6.22. The van der Waals surface area contributed by atoms with Gasteiger partial charge in [-0.2, -0.15) is 0 Å². The summed E-state index contributed by atoms with van der Waals surface area (Å²) in [4.78, 5) is 35.4. The molecule has 1 N–H and O–H groups in total. The predicted octanol–water partition coefficient (Wildman–Crippen LogP) is 1.99. The highest BCUT2D eigenvalue weighted by molar-refractivity contribution is 6.00. The lowest BCUT2D eigenvalue weighted by Crippen LogP contribution is -2.32. The van der Waals surface area contributed by atoms with E-state index in [-0.39, 0.29) is 11.1 Å². The van der Waals surface area contributed by atoms with Gasteiger partial charge in [-0.05, 0) is 24.3 Å². The number of Topliss-reactive ketones (excluding diaryl/α,β-unsaturated/α-hetero) is 1. The van der Waals surface area contributed by atoms with Crippen LogP contribution in [0.5, 0.6) is 5.75 Å². The molecule has 0 unspecified atom stereocenters. The van der Waals surface area contributed by atoms with Crippen LogP contribution >= 0.6 is 0 Å². The number of nitrogens with one attached hydrogen (secondary N) is 1. The molecule has 0 fully saturated rings. The monoisotopic (exact) mass is 345 g/mol. The van der Waals surface area contributed by atoms with Gasteiger partial charge in [-0.15, -0.1) is 0 Å². The van der Waals surface area contributed by atoms with E-state index in [1.54, 1.807) is 24.3 Å². The molecule has 2 aromatic carbocycles. The lowest BCUT2D eigenvalue weighted by molar-refractivity contribution is -0.141. The Bertz CT molecular complexity index is 791. The molecule has 6 nitrogen and oxygen atoms in total. The summed E-state index contributed by atoms with van der Waals surface area (Å²) >= 11 is 0. The van der Waals surface area contributed by atoms with E-state index in [4.69, 9.17) is 9.47 Å². The number of methoxy groups -OCH3 is 1. The molecule has 2 rings (SSSR count). The molecule has 25 heavy (non-hydrogen) atoms. The van der Waals surface area contributed by atoms with Gasteiger partial charge in [0.15, 0.2) is 6.61 Å². The molecule has 0 saturated carbocycles. The lowest BCUT2D eigenvalue weighted by Gasteiger charge is -2.09. The summed E-state index contributed by atoms with van der Waals surface area (Å²) in [6, 6.07) is 11.9. The van der Waals surface area contributed by atoms with E-state index in [9.17, 15) is 18.8 Å². The van der Waals surface area contributed by atoms with E-state index in [1.807, 2.05) is 0 Å². The van der Waals surface area contributed by atoms with Crippen molar-refractivity contribution in [3.05, 3.63) is 65.5 Å². The average Bonchev–Trinajstić information content (AvgIpc) is 2.64. The number of hydrogen-bond acceptors (Lipinski definition) is 5. The molecule has 0 bridgehead atoms. The molecular formula is C18H16FNO5. The third-order valence-electron chi connectivity index (χ3n) is 3.28. The molecule has 7 heteroatoms. The fourth-order valence-corrected chi connectivity index (χ4v) is 2.04. The first-order valence-electron chi connectivity index (χ1n) is 7.37. The summed E-state index contributed by atoms with van der Waals surface area (Å²) in [5.41, 5.74) is 0.105. The number of esters is 1. The van der Waals surface area contributed by atoms with E-state index in [2.05, 4.69) is 5.32 Å². The molecule has 2 aromatic rings. The molecule has 0 aliphatic rings. The third-order valence-corrected chi connectivity index (χ3v) is 3.28. The van der Waals surface area contributed by atoms with Gasteiger partial charge in [0.1, 0.15) is 18.1 Å². The van der Waals surface area contributed by atoms with Crippen molar-refractivity contribution in [2.75, 3.05) is 20.3 Å². The molecule has 0 aliphatic carbocycles. The van der Waals surface area contributed by atoms with Crippen molar-refractivity contribution in [2.24, 2.45) is 0 Å². The number of ether oxygens (including phenoxy) is 2. The van der Waals surface area contributed by atoms with E-state index < -0.39 is 36.6 Å². The van der Waals surface area contributed by atoms with Gasteiger partial charge in [0.25, 0.3) is 5.91 Å². The van der Waals surface area contributed by atoms with Crippen molar-refractivity contribution in [1.29, 1.82) is 0 Å². The van der Waals surface area contributed by atoms with E-state index in [0.29, 0.717) is 5.75 Å². The lowest BCUT2D eigenvalue weighted by atomic mass is 10.1. The fourth-order valence-electron chi connectivity index (χ4n) is 2.04. The highest BCUT2D eigenvalue weighted by atomic mass is 19.1. The summed E-state index contributed by atoms with van der Waals surface area (Å²) in [6.07, 6.45) is 0. The van der Waals surface area contributed by atoms with Crippen molar-refractivity contribution in [2.45, 2.75) is 0 Å². The summed E-state index contributed by atoms with van der Waals surface area (Å²) in [5.74, 6) is -2.32. The van der Waals surface area contributed by atoms with Crippen LogP contribution in [-0.4, -0.2) is 37.9 Å². The zero-order valence-electron chi connectivity index (χ0n) is 13.5. The number of carbonyl (C=O) groups excluding carboxylic acids is 3. The quantitative estimate of drug-likeness (QED) is 0.613. The number of ketones is 1. The van der Waals surface area contributed by atoms with E-state index >= 15 is 0 Å². The van der Waals surface area contributed by atoms with Gasteiger partial charge >= 0.3 is 5.97 Å². The Balaban J connectivity index is 1.84. The summed E-state index contributed by atoms with van der Waals surface area (Å²) in [7, 11) is 1.43. The number of halogens is 1. The molecule has 0 heterocycles. The molecule has 130 valence electrons. The van der Waals surface area contributed by atoms with Gasteiger partial charge in [-0.3, -0.25) is 14.4 Å². The van der Waals surface area contributed by atoms with Crippen molar-refractivity contribution in [3.8, 4) is 5.75 Å². The van der Waals surface area contributed by atoms with Crippen LogP contribution in [0, 0.1) is 5.82 Å². The Morgan fingerprint density at radius 1 is 1.00 bits per heavy atom. The number of amides is 1. The molecule has 0 saturated heterocycles. The second kappa shape index (κ2) is 8.58. The molecule has 0 spiro atoms. The standard InChI is InChI=1S/C18H16FNO5/c1-24-16-9-5-3-7-13(16)15(21)11-25-17(22)10-20-18(23)12-6-2-4-8-14(12)19/h2-9H,10-11H2,1H3,(H,20,23). The third kappa shape index (κ3) is 4.87. The van der Waals surface area contributed by atoms with Crippen LogP contribution in [0.3, 0.4) is 0 Å². The van der Waals surface area contributed by atoms with Crippen molar-refractivity contribution >= 4 is 17.7 Å². The minimum atomic E-state index is -0.812. The Hall–Kier alpha value is -3.22. The molecule has 0 aromatic heterocycles. The topological polar surface area (TPSA) is 81.7 Å². The van der Waals surface area contributed by atoms with Crippen molar-refractivity contribution < 1.29 is 28.2 Å². The summed E-state index contributed by atoms with van der Waals surface area (Å²) in [5, 5.41) is 2.24. The SMILES string of the molecule is COc1ccccc1C(=O)COC(=O)CNC(=O)c1ccccc1F. The van der Waals surface area contributed by atoms with Gasteiger partial charge in [-0.1, -0.05) is 24.3 Å². The predicted molar refractivity (Wildman–Crippen MR) is 87.0 cm³/mol. The maximum Gasteiger partial charge on any atom is 0.325 e. The summed E-state index contributed by atoms with van der Waals surface area (Å²) < 4.78 is 23.3. The molecule has 0 radical (unpaired) electrons. The number of benzene rings is 2. The van der Waals surface area contributed by atoms with Gasteiger partial charge < -0.3 is 14.8 Å². The van der Waals surface area contributed by atoms with Crippen LogP contribution in [-0.2, 0) is 9.53 Å². The van der Waals surface area contributed by atoms with Crippen molar-refractivity contribution in [3.63, 3.8) is 0 Å². The van der Waals surface area contributed by atoms with Crippen LogP contribution in [0.2, 0.25) is 0 Å². The maximum atomic E-state index is 13.4. The molecular weight excluding hydrogens is 329 g/mol. The maximum absolute atomic E-state index is 13.4. The number of para-hydroxylation sites is 1. The van der Waals surface area contributed by atoms with Crippen LogP contribution in [0.15, 0.2) is 48.5 Å². The van der Waals surface area contributed by atoms with Crippen molar-refractivity contribution in [1.82, 2.24) is 5.32 Å². The molecule has 0 atom stereocenters. The molecule has 0 aliphatic heterocycles. The minimum Gasteiger partial charge on any atom is -0.496 e. The molecule has 1 amide bonds.